The fourth-order valence-electron chi connectivity index (χ4n) is 3.63. The third-order valence-corrected chi connectivity index (χ3v) is 5.12. The quantitative estimate of drug-likeness (QED) is 0.515. The Balaban J connectivity index is 1.66. The van der Waals surface area contributed by atoms with Crippen molar-refractivity contribution in [3.8, 4) is 5.75 Å². The molecule has 0 N–H and O–H groups in total. The number of hydrogen-bond donors (Lipinski definition) is 0. The molecule has 0 aromatic heterocycles. The van der Waals surface area contributed by atoms with Crippen LogP contribution in [0.2, 0.25) is 0 Å². The lowest BCUT2D eigenvalue weighted by molar-refractivity contribution is -0.385. The summed E-state index contributed by atoms with van der Waals surface area (Å²) < 4.78 is 50.9. The van der Waals surface area contributed by atoms with Gasteiger partial charge in [0.25, 0.3) is 5.69 Å². The molecule has 6 nitrogen and oxygen atoms in total. The summed E-state index contributed by atoms with van der Waals surface area (Å²) in [4.78, 5) is 12.7. The van der Waals surface area contributed by atoms with Crippen molar-refractivity contribution in [2.75, 3.05) is 6.79 Å². The first-order valence-electron chi connectivity index (χ1n) is 9.23. The number of fused-ring (bicyclic) bond motifs is 1. The van der Waals surface area contributed by atoms with Crippen molar-refractivity contribution in [1.29, 1.82) is 0 Å². The number of nitro groups is 1. The summed E-state index contributed by atoms with van der Waals surface area (Å²) in [5.41, 5.74) is 0.617. The molecule has 0 amide bonds. The number of rotatable bonds is 6. The van der Waals surface area contributed by atoms with Crippen LogP contribution in [0.1, 0.15) is 35.1 Å². The zero-order chi connectivity index (χ0) is 20.6. The van der Waals surface area contributed by atoms with E-state index in [-0.39, 0.29) is 43.8 Å². The molecule has 0 spiro atoms. The Morgan fingerprint density at radius 2 is 1.86 bits per heavy atom. The maximum atomic E-state index is 13.4. The number of halogens is 3. The van der Waals surface area contributed by atoms with Crippen LogP contribution in [0.15, 0.2) is 36.4 Å². The lowest BCUT2D eigenvalue weighted by atomic mass is 10.0. The van der Waals surface area contributed by atoms with Gasteiger partial charge in [0.1, 0.15) is 5.75 Å². The SMILES string of the molecule is O=[N+]([O-])c1cc2c(c(CN(Cc3ccccc3C(F)(F)F)C3CC3)c1)OCOC2. The Kier molecular flexibility index (Phi) is 5.18. The molecule has 0 bridgehead atoms. The highest BCUT2D eigenvalue weighted by atomic mass is 19.4. The highest BCUT2D eigenvalue weighted by molar-refractivity contribution is 5.50. The summed E-state index contributed by atoms with van der Waals surface area (Å²) in [6.45, 7) is 0.609. The average Bonchev–Trinajstić information content (AvgIpc) is 3.52. The second-order valence-electron chi connectivity index (χ2n) is 7.25. The summed E-state index contributed by atoms with van der Waals surface area (Å²) in [7, 11) is 0. The van der Waals surface area contributed by atoms with Crippen molar-refractivity contribution >= 4 is 5.69 Å². The molecule has 2 aliphatic rings. The van der Waals surface area contributed by atoms with E-state index in [1.165, 1.54) is 24.3 Å². The molecule has 4 rings (SSSR count). The van der Waals surface area contributed by atoms with Crippen LogP contribution in [0.3, 0.4) is 0 Å². The predicted octanol–water partition coefficient (Wildman–Crippen LogP) is 4.64. The van der Waals surface area contributed by atoms with E-state index >= 15 is 0 Å². The van der Waals surface area contributed by atoms with E-state index in [2.05, 4.69) is 0 Å². The molecule has 1 aliphatic heterocycles. The highest BCUT2D eigenvalue weighted by Crippen LogP contribution is 2.38. The van der Waals surface area contributed by atoms with Gasteiger partial charge in [0.2, 0.25) is 0 Å². The fourth-order valence-corrected chi connectivity index (χ4v) is 3.63. The normalized spacial score (nSPS) is 16.4. The third-order valence-electron chi connectivity index (χ3n) is 5.12. The van der Waals surface area contributed by atoms with Gasteiger partial charge in [-0.15, -0.1) is 0 Å². The summed E-state index contributed by atoms with van der Waals surface area (Å²) in [6, 6.07) is 8.52. The molecule has 9 heteroatoms. The average molecular weight is 408 g/mol. The van der Waals surface area contributed by atoms with Gasteiger partial charge in [-0.3, -0.25) is 15.0 Å². The second-order valence-corrected chi connectivity index (χ2v) is 7.25. The van der Waals surface area contributed by atoms with E-state index in [1.807, 2.05) is 4.90 Å². The number of non-ortho nitro benzene ring substituents is 1. The molecule has 2 aromatic rings. The first-order chi connectivity index (χ1) is 13.8. The number of ether oxygens (including phenoxy) is 2. The van der Waals surface area contributed by atoms with Gasteiger partial charge in [-0.2, -0.15) is 13.2 Å². The van der Waals surface area contributed by atoms with Crippen LogP contribution in [0.25, 0.3) is 0 Å². The van der Waals surface area contributed by atoms with E-state index in [0.717, 1.165) is 18.9 Å². The number of hydrogen-bond acceptors (Lipinski definition) is 5. The Labute approximate surface area is 165 Å². The molecule has 2 aromatic carbocycles. The minimum Gasteiger partial charge on any atom is -0.467 e. The van der Waals surface area contributed by atoms with Gasteiger partial charge in [-0.25, -0.2) is 0 Å². The number of nitrogens with zero attached hydrogens (tertiary/aromatic N) is 2. The van der Waals surface area contributed by atoms with Crippen molar-refractivity contribution < 1.29 is 27.6 Å². The summed E-state index contributed by atoms with van der Waals surface area (Å²) >= 11 is 0. The molecule has 29 heavy (non-hydrogen) atoms. The summed E-state index contributed by atoms with van der Waals surface area (Å²) in [6.07, 6.45) is -2.67. The molecule has 1 saturated carbocycles. The van der Waals surface area contributed by atoms with Crippen LogP contribution < -0.4 is 4.74 Å². The topological polar surface area (TPSA) is 64.8 Å². The van der Waals surface area contributed by atoms with E-state index in [4.69, 9.17) is 9.47 Å². The summed E-state index contributed by atoms with van der Waals surface area (Å²) in [5.74, 6) is 0.525. The van der Waals surface area contributed by atoms with Crippen molar-refractivity contribution in [2.45, 2.75) is 44.8 Å². The van der Waals surface area contributed by atoms with E-state index in [0.29, 0.717) is 16.9 Å². The lowest BCUT2D eigenvalue weighted by Gasteiger charge is -2.27. The number of benzene rings is 2. The van der Waals surface area contributed by atoms with Gasteiger partial charge in [-0.05, 0) is 24.5 Å². The lowest BCUT2D eigenvalue weighted by Crippen LogP contribution is -2.27. The number of nitro benzene ring substituents is 1. The van der Waals surface area contributed by atoms with Crippen molar-refractivity contribution in [2.24, 2.45) is 0 Å². The molecule has 154 valence electrons. The summed E-state index contributed by atoms with van der Waals surface area (Å²) in [5, 5.41) is 11.3. The zero-order valence-corrected chi connectivity index (χ0v) is 15.4. The van der Waals surface area contributed by atoms with E-state index in [9.17, 15) is 23.3 Å². The minimum absolute atomic E-state index is 0.0398. The molecule has 0 saturated heterocycles. The van der Waals surface area contributed by atoms with Crippen LogP contribution in [0.5, 0.6) is 5.75 Å². The molecule has 0 atom stereocenters. The molecule has 1 aliphatic carbocycles. The Hall–Kier alpha value is -2.65. The van der Waals surface area contributed by atoms with Crippen molar-refractivity contribution in [1.82, 2.24) is 4.90 Å². The molecular weight excluding hydrogens is 389 g/mol. The first-order valence-corrected chi connectivity index (χ1v) is 9.23. The maximum Gasteiger partial charge on any atom is 0.416 e. The zero-order valence-electron chi connectivity index (χ0n) is 15.4. The number of alkyl halides is 3. The Bertz CT molecular complexity index is 928. The second kappa shape index (κ2) is 7.64. The van der Waals surface area contributed by atoms with E-state index in [1.54, 1.807) is 6.07 Å². The largest absolute Gasteiger partial charge is 0.467 e. The fraction of sp³-hybridized carbons (Fsp3) is 0.400. The van der Waals surface area contributed by atoms with E-state index < -0.39 is 16.7 Å². The van der Waals surface area contributed by atoms with Gasteiger partial charge in [0, 0.05) is 42.4 Å². The molecular formula is C20H19F3N2O4. The van der Waals surface area contributed by atoms with Gasteiger partial charge < -0.3 is 9.47 Å². The predicted molar refractivity (Wildman–Crippen MR) is 97.1 cm³/mol. The van der Waals surface area contributed by atoms with Crippen LogP contribution >= 0.6 is 0 Å². The third kappa shape index (κ3) is 4.35. The minimum atomic E-state index is -4.43. The first kappa shape index (κ1) is 19.7. The highest BCUT2D eigenvalue weighted by Gasteiger charge is 2.36. The van der Waals surface area contributed by atoms with Crippen molar-refractivity contribution in [3.63, 3.8) is 0 Å². The maximum absolute atomic E-state index is 13.4. The van der Waals surface area contributed by atoms with Gasteiger partial charge in [0.05, 0.1) is 17.1 Å². The Morgan fingerprint density at radius 3 is 2.55 bits per heavy atom. The Morgan fingerprint density at radius 1 is 1.14 bits per heavy atom. The molecule has 1 fully saturated rings. The van der Waals surface area contributed by atoms with Gasteiger partial charge in [-0.1, -0.05) is 18.2 Å². The van der Waals surface area contributed by atoms with Crippen LogP contribution in [0.4, 0.5) is 18.9 Å². The molecule has 1 heterocycles. The van der Waals surface area contributed by atoms with Gasteiger partial charge in [0.15, 0.2) is 6.79 Å². The monoisotopic (exact) mass is 408 g/mol. The van der Waals surface area contributed by atoms with Crippen LogP contribution in [-0.4, -0.2) is 22.7 Å². The smallest absolute Gasteiger partial charge is 0.416 e. The van der Waals surface area contributed by atoms with Gasteiger partial charge >= 0.3 is 6.18 Å². The standard InChI is InChI=1S/C20H19F3N2O4/c21-20(22,23)18-4-2-1-3-13(18)9-24(16-5-6-16)10-14-7-17(25(26)27)8-15-11-28-12-29-19(14)15/h1-4,7-8,16H,5-6,9-12H2. The van der Waals surface area contributed by atoms with Crippen LogP contribution in [-0.2, 0) is 30.6 Å². The van der Waals surface area contributed by atoms with Crippen LogP contribution in [0, 0.1) is 10.1 Å². The van der Waals surface area contributed by atoms with Crippen molar-refractivity contribution in [3.05, 3.63) is 68.8 Å². The molecule has 0 unspecified atom stereocenters. The molecule has 0 radical (unpaired) electrons.